The van der Waals surface area contributed by atoms with Crippen molar-refractivity contribution in [2.24, 2.45) is 0 Å². The highest BCUT2D eigenvalue weighted by atomic mass is 16.2. The first-order chi connectivity index (χ1) is 4.88. The van der Waals surface area contributed by atoms with Gasteiger partial charge in [-0.1, -0.05) is 6.08 Å². The minimum Gasteiger partial charge on any atom is -0.514 e. The van der Waals surface area contributed by atoms with Gasteiger partial charge in [0, 0.05) is 0 Å². The van der Waals surface area contributed by atoms with Gasteiger partial charge in [-0.2, -0.15) is 5.26 Å². The summed E-state index contributed by atoms with van der Waals surface area (Å²) in [6.45, 7) is 0. The zero-order chi connectivity index (χ0) is 7.40. The molecule has 0 fully saturated rings. The molecule has 1 aliphatic rings. The third-order valence-corrected chi connectivity index (χ3v) is 1.64. The topological polar surface area (TPSA) is 44.0 Å². The number of aliphatic hydroxyl groups is 1. The largest absolute Gasteiger partial charge is 0.514 e. The number of hydrogen-bond acceptors (Lipinski definition) is 2. The van der Waals surface area contributed by atoms with Crippen LogP contribution in [0.5, 0.6) is 0 Å². The van der Waals surface area contributed by atoms with Gasteiger partial charge >= 0.3 is 0 Å². The van der Waals surface area contributed by atoms with Crippen LogP contribution >= 0.6 is 0 Å². The number of nitriles is 1. The molecule has 0 bridgehead atoms. The number of aliphatic hydroxyl groups excluding tert-OH is 1. The van der Waals surface area contributed by atoms with Crippen LogP contribution in [0.4, 0.5) is 0 Å². The summed E-state index contributed by atoms with van der Waals surface area (Å²) >= 11 is 0. The number of allylic oxidation sites excluding steroid dienone is 3. The van der Waals surface area contributed by atoms with Crippen LogP contribution in [-0.4, -0.2) is 5.11 Å². The lowest BCUT2D eigenvalue weighted by molar-refractivity contribution is 0.470. The van der Waals surface area contributed by atoms with Crippen molar-refractivity contribution >= 4 is 0 Å². The fourth-order valence-corrected chi connectivity index (χ4v) is 1.10. The summed E-state index contributed by atoms with van der Waals surface area (Å²) in [7, 11) is 0. The minimum atomic E-state index is 0.414. The molecular weight excluding hydrogens is 126 g/mol. The summed E-state index contributed by atoms with van der Waals surface area (Å²) in [5.41, 5.74) is 1.41. The van der Waals surface area contributed by atoms with E-state index in [1.165, 1.54) is 0 Å². The van der Waals surface area contributed by atoms with Crippen molar-refractivity contribution in [2.45, 2.75) is 19.3 Å². The Labute approximate surface area is 60.1 Å². The van der Waals surface area contributed by atoms with Gasteiger partial charge in [0.15, 0.2) is 0 Å². The maximum absolute atomic E-state index is 8.56. The molecule has 0 saturated heterocycles. The maximum Gasteiger partial charge on any atom is 0.103 e. The van der Waals surface area contributed by atoms with E-state index < -0.39 is 0 Å². The van der Waals surface area contributed by atoms with E-state index in [0.29, 0.717) is 5.57 Å². The number of hydrogen-bond donors (Lipinski definition) is 1. The lowest BCUT2D eigenvalue weighted by Gasteiger charge is -1.93. The Bertz CT molecular complexity index is 220. The van der Waals surface area contributed by atoms with Gasteiger partial charge in [-0.25, -0.2) is 0 Å². The van der Waals surface area contributed by atoms with Crippen molar-refractivity contribution in [3.63, 3.8) is 0 Å². The van der Waals surface area contributed by atoms with Gasteiger partial charge in [-0.3, -0.25) is 0 Å². The second-order valence-electron chi connectivity index (χ2n) is 2.28. The summed E-state index contributed by atoms with van der Waals surface area (Å²) in [5.74, 6) is 0. The van der Waals surface area contributed by atoms with Crippen molar-refractivity contribution in [3.8, 4) is 6.07 Å². The highest BCUT2D eigenvalue weighted by Gasteiger charge is 2.08. The maximum atomic E-state index is 8.56. The quantitative estimate of drug-likeness (QED) is 0.441. The smallest absolute Gasteiger partial charge is 0.103 e. The molecule has 1 aliphatic carbocycles. The van der Waals surface area contributed by atoms with Crippen molar-refractivity contribution in [2.75, 3.05) is 0 Å². The molecule has 0 amide bonds. The molecule has 0 radical (unpaired) electrons. The standard InChI is InChI=1S/C8H9NO/c9-5-8(6-10)7-3-1-2-4-7/h3,6,10H,1-2,4H2. The fourth-order valence-electron chi connectivity index (χ4n) is 1.10. The second kappa shape index (κ2) is 3.07. The van der Waals surface area contributed by atoms with Crippen LogP contribution in [0, 0.1) is 11.3 Å². The van der Waals surface area contributed by atoms with Crippen LogP contribution in [0.3, 0.4) is 0 Å². The SMILES string of the molecule is N#CC(=CO)C1=CCCC1. The van der Waals surface area contributed by atoms with Gasteiger partial charge in [-0.15, -0.1) is 0 Å². The molecule has 2 heteroatoms. The summed E-state index contributed by atoms with van der Waals surface area (Å²) in [6, 6.07) is 1.94. The first-order valence-corrected chi connectivity index (χ1v) is 3.32. The van der Waals surface area contributed by atoms with E-state index in [9.17, 15) is 0 Å². The van der Waals surface area contributed by atoms with Crippen molar-refractivity contribution < 1.29 is 5.11 Å². The lowest BCUT2D eigenvalue weighted by Crippen LogP contribution is -1.81. The average molecular weight is 135 g/mol. The van der Waals surface area contributed by atoms with Gasteiger partial charge in [0.05, 0.1) is 11.8 Å². The van der Waals surface area contributed by atoms with Crippen LogP contribution in [-0.2, 0) is 0 Å². The van der Waals surface area contributed by atoms with Crippen molar-refractivity contribution in [3.05, 3.63) is 23.5 Å². The third-order valence-electron chi connectivity index (χ3n) is 1.64. The summed E-state index contributed by atoms with van der Waals surface area (Å²) in [6.07, 6.45) is 5.96. The fraction of sp³-hybridized carbons (Fsp3) is 0.375. The van der Waals surface area contributed by atoms with E-state index in [2.05, 4.69) is 0 Å². The summed E-state index contributed by atoms with van der Waals surface area (Å²) < 4.78 is 0. The van der Waals surface area contributed by atoms with Crippen LogP contribution in [0.15, 0.2) is 23.5 Å². The van der Waals surface area contributed by atoms with Gasteiger partial charge < -0.3 is 5.11 Å². The molecule has 0 aliphatic heterocycles. The summed E-state index contributed by atoms with van der Waals surface area (Å²) in [5, 5.41) is 17.0. The Kier molecular flexibility index (Phi) is 2.11. The molecule has 0 spiro atoms. The molecule has 10 heavy (non-hydrogen) atoms. The minimum absolute atomic E-state index is 0.414. The van der Waals surface area contributed by atoms with Gasteiger partial charge in [0.1, 0.15) is 6.07 Å². The Morgan fingerprint density at radius 1 is 1.80 bits per heavy atom. The van der Waals surface area contributed by atoms with E-state index >= 15 is 0 Å². The summed E-state index contributed by atoms with van der Waals surface area (Å²) in [4.78, 5) is 0. The lowest BCUT2D eigenvalue weighted by atomic mass is 10.1. The predicted octanol–water partition coefficient (Wildman–Crippen LogP) is 2.06. The molecule has 0 unspecified atom stereocenters. The zero-order valence-corrected chi connectivity index (χ0v) is 5.67. The monoisotopic (exact) mass is 135 g/mol. The van der Waals surface area contributed by atoms with Gasteiger partial charge in [0.2, 0.25) is 0 Å². The Morgan fingerprint density at radius 2 is 2.60 bits per heavy atom. The molecule has 0 aromatic rings. The molecule has 0 aromatic carbocycles. The van der Waals surface area contributed by atoms with Crippen LogP contribution in [0.25, 0.3) is 0 Å². The molecule has 0 heterocycles. The van der Waals surface area contributed by atoms with E-state index in [-0.39, 0.29) is 0 Å². The molecule has 0 aromatic heterocycles. The van der Waals surface area contributed by atoms with Crippen molar-refractivity contribution in [1.82, 2.24) is 0 Å². The first kappa shape index (κ1) is 6.88. The Balaban J connectivity index is 2.74. The molecule has 1 N–H and O–H groups in total. The number of nitrogens with zero attached hydrogens (tertiary/aromatic N) is 1. The highest BCUT2D eigenvalue weighted by molar-refractivity contribution is 5.41. The Morgan fingerprint density at radius 3 is 3.00 bits per heavy atom. The average Bonchev–Trinajstić information content (AvgIpc) is 2.43. The Hall–Kier alpha value is -1.23. The second-order valence-corrected chi connectivity index (χ2v) is 2.28. The third kappa shape index (κ3) is 1.19. The van der Waals surface area contributed by atoms with Crippen molar-refractivity contribution in [1.29, 1.82) is 5.26 Å². The van der Waals surface area contributed by atoms with Gasteiger partial charge in [-0.05, 0) is 24.8 Å². The predicted molar refractivity (Wildman–Crippen MR) is 38.3 cm³/mol. The first-order valence-electron chi connectivity index (χ1n) is 3.32. The van der Waals surface area contributed by atoms with Crippen LogP contribution in [0.1, 0.15) is 19.3 Å². The van der Waals surface area contributed by atoms with Crippen LogP contribution < -0.4 is 0 Å². The molecule has 1 rings (SSSR count). The van der Waals surface area contributed by atoms with E-state index in [0.717, 1.165) is 31.1 Å². The molecule has 52 valence electrons. The van der Waals surface area contributed by atoms with E-state index in [1.54, 1.807) is 0 Å². The van der Waals surface area contributed by atoms with E-state index in [1.807, 2.05) is 12.1 Å². The number of rotatable bonds is 1. The molecule has 2 nitrogen and oxygen atoms in total. The normalized spacial score (nSPS) is 18.3. The highest BCUT2D eigenvalue weighted by Crippen LogP contribution is 2.23. The van der Waals surface area contributed by atoms with E-state index in [4.69, 9.17) is 10.4 Å². The molecule has 0 saturated carbocycles. The van der Waals surface area contributed by atoms with Crippen LogP contribution in [0.2, 0.25) is 0 Å². The molecular formula is C8H9NO. The molecule has 0 atom stereocenters. The van der Waals surface area contributed by atoms with Gasteiger partial charge in [0.25, 0.3) is 0 Å². The zero-order valence-electron chi connectivity index (χ0n) is 5.67.